The summed E-state index contributed by atoms with van der Waals surface area (Å²) in [6.45, 7) is 3.13. The second kappa shape index (κ2) is 10.8. The molecule has 37 heavy (non-hydrogen) atoms. The molecule has 7 nitrogen and oxygen atoms in total. The number of piperidine rings is 1. The first kappa shape index (κ1) is 25.7. The zero-order chi connectivity index (χ0) is 26.1. The molecular formula is C27H28Cl2FN5O2. The molecule has 1 unspecified atom stereocenters. The van der Waals surface area contributed by atoms with Crippen LogP contribution in [0.3, 0.4) is 0 Å². The van der Waals surface area contributed by atoms with E-state index in [0.717, 1.165) is 25.9 Å². The predicted octanol–water partition coefficient (Wildman–Crippen LogP) is 5.67. The van der Waals surface area contributed by atoms with Gasteiger partial charge in [-0.15, -0.1) is 0 Å². The fraction of sp³-hybridized carbons (Fsp3) is 0.370. The highest BCUT2D eigenvalue weighted by molar-refractivity contribution is 6.36. The van der Waals surface area contributed by atoms with Gasteiger partial charge < -0.3 is 20.7 Å². The first-order valence-corrected chi connectivity index (χ1v) is 13.1. The molecule has 10 heteroatoms. The number of nitrogens with one attached hydrogen (secondary N) is 1. The topological polar surface area (TPSA) is 93.4 Å². The van der Waals surface area contributed by atoms with E-state index in [4.69, 9.17) is 33.7 Å². The van der Waals surface area contributed by atoms with Crippen molar-refractivity contribution in [1.29, 1.82) is 0 Å². The molecule has 0 bridgehead atoms. The number of nitrogens with two attached hydrogens (primary N) is 1. The van der Waals surface area contributed by atoms with Crippen molar-refractivity contribution in [3.63, 3.8) is 0 Å². The Hall–Kier alpha value is -2.94. The minimum atomic E-state index is -0.743. The molecule has 2 fully saturated rings. The van der Waals surface area contributed by atoms with Crippen molar-refractivity contribution in [3.8, 4) is 17.1 Å². The number of anilines is 1. The van der Waals surface area contributed by atoms with Gasteiger partial charge in [0.25, 0.3) is 11.8 Å². The van der Waals surface area contributed by atoms with Crippen molar-refractivity contribution in [2.45, 2.75) is 50.8 Å². The van der Waals surface area contributed by atoms with E-state index in [-0.39, 0.29) is 27.7 Å². The SMILES string of the molecule is CC(Oc1nc(-c2cccc(C(=O)N3CCC(NC4CC4)CC3)c2)cnc1N)c1c(Cl)ccc(F)c1Cl. The summed E-state index contributed by atoms with van der Waals surface area (Å²) in [7, 11) is 0. The molecule has 3 N–H and O–H groups in total. The van der Waals surface area contributed by atoms with Crippen LogP contribution in [0.15, 0.2) is 42.6 Å². The third kappa shape index (κ3) is 5.81. The highest BCUT2D eigenvalue weighted by Crippen LogP contribution is 2.36. The van der Waals surface area contributed by atoms with Crippen LogP contribution in [0.25, 0.3) is 11.3 Å². The van der Waals surface area contributed by atoms with Crippen LogP contribution in [-0.4, -0.2) is 45.9 Å². The molecule has 0 spiro atoms. The average molecular weight is 544 g/mol. The summed E-state index contributed by atoms with van der Waals surface area (Å²) in [5.74, 6) is -0.484. The molecule has 1 aromatic heterocycles. The van der Waals surface area contributed by atoms with Gasteiger partial charge in [0.1, 0.15) is 11.9 Å². The number of likely N-dealkylation sites (tertiary alicyclic amines) is 1. The summed E-state index contributed by atoms with van der Waals surface area (Å²) in [4.78, 5) is 23.8. The van der Waals surface area contributed by atoms with Gasteiger partial charge in [-0.1, -0.05) is 35.3 Å². The maximum Gasteiger partial charge on any atom is 0.258 e. The van der Waals surface area contributed by atoms with Gasteiger partial charge in [-0.2, -0.15) is 0 Å². The van der Waals surface area contributed by atoms with Gasteiger partial charge in [-0.05, 0) is 56.9 Å². The highest BCUT2D eigenvalue weighted by atomic mass is 35.5. The van der Waals surface area contributed by atoms with E-state index in [2.05, 4.69) is 15.3 Å². The molecule has 194 valence electrons. The maximum absolute atomic E-state index is 14.0. The van der Waals surface area contributed by atoms with Crippen LogP contribution in [0, 0.1) is 5.82 Å². The number of nitrogens with zero attached hydrogens (tertiary/aromatic N) is 3. The summed E-state index contributed by atoms with van der Waals surface area (Å²) >= 11 is 12.4. The lowest BCUT2D eigenvalue weighted by atomic mass is 10.0. The van der Waals surface area contributed by atoms with Crippen molar-refractivity contribution in [2.75, 3.05) is 18.8 Å². The minimum Gasteiger partial charge on any atom is -0.467 e. The Kier molecular flexibility index (Phi) is 7.51. The van der Waals surface area contributed by atoms with Crippen molar-refractivity contribution >= 4 is 34.9 Å². The van der Waals surface area contributed by atoms with E-state index >= 15 is 0 Å². The van der Waals surface area contributed by atoms with Gasteiger partial charge in [0.05, 0.1) is 16.9 Å². The van der Waals surface area contributed by atoms with Gasteiger partial charge in [0, 0.05) is 46.9 Å². The molecule has 1 saturated heterocycles. The summed E-state index contributed by atoms with van der Waals surface area (Å²) in [5, 5.41) is 3.80. The fourth-order valence-electron chi connectivity index (χ4n) is 4.58. The number of hydrogen-bond acceptors (Lipinski definition) is 6. The number of rotatable bonds is 7. The quantitative estimate of drug-likeness (QED) is 0.373. The molecule has 5 rings (SSSR count). The molecule has 2 aliphatic rings. The zero-order valence-corrected chi connectivity index (χ0v) is 21.9. The third-order valence-corrected chi connectivity index (χ3v) is 7.49. The van der Waals surface area contributed by atoms with Crippen LogP contribution in [0.4, 0.5) is 10.2 Å². The summed E-state index contributed by atoms with van der Waals surface area (Å²) < 4.78 is 19.9. The van der Waals surface area contributed by atoms with Crippen LogP contribution >= 0.6 is 23.2 Å². The Balaban J connectivity index is 1.32. The number of hydrogen-bond donors (Lipinski definition) is 2. The fourth-order valence-corrected chi connectivity index (χ4v) is 5.25. The van der Waals surface area contributed by atoms with Gasteiger partial charge >= 0.3 is 0 Å². The number of carbonyl (C=O) groups is 1. The van der Waals surface area contributed by atoms with E-state index in [1.165, 1.54) is 31.2 Å². The number of nitrogen functional groups attached to an aromatic ring is 1. The standard InChI is InChI=1S/C27H28Cl2FN5O2/c1-15(23-20(28)7-8-21(30)24(23)29)37-26-25(31)32-14-22(34-26)16-3-2-4-17(13-16)27(36)35-11-9-19(10-12-35)33-18-5-6-18/h2-4,7-8,13-15,18-19,33H,5-6,9-12H2,1H3,(H2,31,32). The molecule has 2 aromatic carbocycles. The molecule has 1 aliphatic carbocycles. The minimum absolute atomic E-state index is 0.00406. The number of ether oxygens (including phenoxy) is 1. The molecule has 1 aliphatic heterocycles. The monoisotopic (exact) mass is 543 g/mol. The highest BCUT2D eigenvalue weighted by Gasteiger charge is 2.29. The van der Waals surface area contributed by atoms with Crippen molar-refractivity contribution < 1.29 is 13.9 Å². The van der Waals surface area contributed by atoms with Crippen molar-refractivity contribution in [1.82, 2.24) is 20.2 Å². The average Bonchev–Trinajstić information content (AvgIpc) is 3.72. The van der Waals surface area contributed by atoms with Gasteiger partial charge in [-0.3, -0.25) is 4.79 Å². The van der Waals surface area contributed by atoms with Crippen LogP contribution in [0.5, 0.6) is 5.88 Å². The second-order valence-corrected chi connectivity index (χ2v) is 10.3. The van der Waals surface area contributed by atoms with E-state index in [1.54, 1.807) is 19.1 Å². The molecule has 1 amide bonds. The van der Waals surface area contributed by atoms with Crippen molar-refractivity contribution in [3.05, 3.63) is 69.6 Å². The number of aromatic nitrogens is 2. The van der Waals surface area contributed by atoms with Crippen LogP contribution in [0.1, 0.15) is 54.6 Å². The largest absolute Gasteiger partial charge is 0.467 e. The van der Waals surface area contributed by atoms with Gasteiger partial charge in [0.15, 0.2) is 5.82 Å². The number of benzene rings is 2. The third-order valence-electron chi connectivity index (χ3n) is 6.78. The lowest BCUT2D eigenvalue weighted by molar-refractivity contribution is 0.0705. The molecular weight excluding hydrogens is 516 g/mol. The van der Waals surface area contributed by atoms with Crippen LogP contribution < -0.4 is 15.8 Å². The summed E-state index contributed by atoms with van der Waals surface area (Å²) in [6.07, 6.45) is 5.23. The second-order valence-electron chi connectivity index (χ2n) is 9.55. The summed E-state index contributed by atoms with van der Waals surface area (Å²) in [6, 6.07) is 11.0. The normalized spacial score (nSPS) is 17.0. The Morgan fingerprint density at radius 3 is 2.62 bits per heavy atom. The number of halogens is 3. The Morgan fingerprint density at radius 1 is 1.16 bits per heavy atom. The number of amides is 1. The maximum atomic E-state index is 14.0. The Bertz CT molecular complexity index is 1310. The molecule has 2 heterocycles. The summed E-state index contributed by atoms with van der Waals surface area (Å²) in [5.41, 5.74) is 8.07. The van der Waals surface area contributed by atoms with Crippen LogP contribution in [0.2, 0.25) is 10.0 Å². The van der Waals surface area contributed by atoms with Crippen LogP contribution in [-0.2, 0) is 0 Å². The first-order valence-electron chi connectivity index (χ1n) is 12.4. The molecule has 3 aromatic rings. The Morgan fingerprint density at radius 2 is 1.89 bits per heavy atom. The van der Waals surface area contributed by atoms with Gasteiger partial charge in [-0.25, -0.2) is 14.4 Å². The lowest BCUT2D eigenvalue weighted by Gasteiger charge is -2.32. The van der Waals surface area contributed by atoms with Crippen molar-refractivity contribution in [2.24, 2.45) is 0 Å². The van der Waals surface area contributed by atoms with Gasteiger partial charge in [0.2, 0.25) is 0 Å². The molecule has 1 atom stereocenters. The van der Waals surface area contributed by atoms with E-state index < -0.39 is 11.9 Å². The molecule has 1 saturated carbocycles. The zero-order valence-electron chi connectivity index (χ0n) is 20.4. The van der Waals surface area contributed by atoms with E-state index in [1.807, 2.05) is 17.0 Å². The first-order chi connectivity index (χ1) is 17.8. The lowest BCUT2D eigenvalue weighted by Crippen LogP contribution is -2.45. The molecule has 0 radical (unpaired) electrons. The van der Waals surface area contributed by atoms with E-state index in [9.17, 15) is 9.18 Å². The smallest absolute Gasteiger partial charge is 0.258 e. The number of carbonyl (C=O) groups excluding carboxylic acids is 1. The predicted molar refractivity (Wildman–Crippen MR) is 142 cm³/mol. The van der Waals surface area contributed by atoms with E-state index in [0.29, 0.717) is 34.5 Å². The Labute approximate surface area is 225 Å².